The van der Waals surface area contributed by atoms with Gasteiger partial charge in [-0.2, -0.15) is 5.10 Å². The SMILES string of the molecule is COCCn1ncc(Br)c1C(=O)c1cccc(F)c1N. The summed E-state index contributed by atoms with van der Waals surface area (Å²) in [7, 11) is 1.56. The van der Waals surface area contributed by atoms with Crippen molar-refractivity contribution in [3.8, 4) is 0 Å². The number of rotatable bonds is 5. The predicted molar refractivity (Wildman–Crippen MR) is 76.0 cm³/mol. The maximum Gasteiger partial charge on any atom is 0.214 e. The van der Waals surface area contributed by atoms with Crippen LogP contribution >= 0.6 is 15.9 Å². The summed E-state index contributed by atoms with van der Waals surface area (Å²) >= 11 is 3.27. The number of nitrogens with two attached hydrogens (primary N) is 1. The van der Waals surface area contributed by atoms with Gasteiger partial charge in [-0.3, -0.25) is 9.48 Å². The number of nitrogens with zero attached hydrogens (tertiary/aromatic N) is 2. The van der Waals surface area contributed by atoms with Gasteiger partial charge in [-0.05, 0) is 28.1 Å². The van der Waals surface area contributed by atoms with Gasteiger partial charge in [0.05, 0.1) is 35.1 Å². The lowest BCUT2D eigenvalue weighted by Gasteiger charge is -2.09. The quantitative estimate of drug-likeness (QED) is 0.668. The molecule has 1 heterocycles. The third-order valence-electron chi connectivity index (χ3n) is 2.81. The van der Waals surface area contributed by atoms with Crippen LogP contribution < -0.4 is 5.73 Å². The average Bonchev–Trinajstić information content (AvgIpc) is 2.80. The lowest BCUT2D eigenvalue weighted by Crippen LogP contribution is -2.16. The molecule has 0 unspecified atom stereocenters. The third kappa shape index (κ3) is 2.73. The van der Waals surface area contributed by atoms with Gasteiger partial charge >= 0.3 is 0 Å². The summed E-state index contributed by atoms with van der Waals surface area (Å²) in [6.45, 7) is 0.825. The van der Waals surface area contributed by atoms with E-state index in [2.05, 4.69) is 21.0 Å². The molecule has 0 aliphatic carbocycles. The summed E-state index contributed by atoms with van der Waals surface area (Å²) in [5.41, 5.74) is 5.90. The second-order valence-electron chi connectivity index (χ2n) is 4.09. The number of hydrogen-bond donors (Lipinski definition) is 1. The van der Waals surface area contributed by atoms with Crippen molar-refractivity contribution >= 4 is 27.4 Å². The van der Waals surface area contributed by atoms with Crippen LogP contribution in [0, 0.1) is 5.82 Å². The number of carbonyl (C=O) groups is 1. The molecule has 2 aromatic rings. The molecule has 0 atom stereocenters. The van der Waals surface area contributed by atoms with Crippen molar-refractivity contribution in [3.63, 3.8) is 0 Å². The van der Waals surface area contributed by atoms with E-state index in [1.165, 1.54) is 29.1 Å². The highest BCUT2D eigenvalue weighted by molar-refractivity contribution is 9.10. The normalized spacial score (nSPS) is 10.8. The van der Waals surface area contributed by atoms with E-state index in [4.69, 9.17) is 10.5 Å². The monoisotopic (exact) mass is 341 g/mol. The van der Waals surface area contributed by atoms with E-state index in [1.807, 2.05) is 0 Å². The van der Waals surface area contributed by atoms with Crippen molar-refractivity contribution in [2.24, 2.45) is 0 Å². The van der Waals surface area contributed by atoms with Crippen molar-refractivity contribution in [2.75, 3.05) is 19.5 Å². The van der Waals surface area contributed by atoms with Crippen LogP contribution in [0.3, 0.4) is 0 Å². The standard InChI is InChI=1S/C13H13BrFN3O2/c1-20-6-5-18-12(9(14)7-17-18)13(19)8-3-2-4-10(15)11(8)16/h2-4,7H,5-6,16H2,1H3. The van der Waals surface area contributed by atoms with Crippen molar-refractivity contribution in [2.45, 2.75) is 6.54 Å². The molecule has 0 fully saturated rings. The number of benzene rings is 1. The lowest BCUT2D eigenvalue weighted by molar-refractivity contribution is 0.102. The van der Waals surface area contributed by atoms with E-state index >= 15 is 0 Å². The Morgan fingerprint density at radius 2 is 2.30 bits per heavy atom. The Morgan fingerprint density at radius 3 is 3.00 bits per heavy atom. The van der Waals surface area contributed by atoms with E-state index in [-0.39, 0.29) is 17.0 Å². The third-order valence-corrected chi connectivity index (χ3v) is 3.39. The highest BCUT2D eigenvalue weighted by atomic mass is 79.9. The molecule has 7 heteroatoms. The Morgan fingerprint density at radius 1 is 1.55 bits per heavy atom. The zero-order chi connectivity index (χ0) is 14.7. The first-order valence-electron chi connectivity index (χ1n) is 5.85. The first kappa shape index (κ1) is 14.7. The smallest absolute Gasteiger partial charge is 0.214 e. The Bertz CT molecular complexity index is 643. The Kier molecular flexibility index (Phi) is 4.51. The van der Waals surface area contributed by atoms with E-state index < -0.39 is 5.82 Å². The number of aromatic nitrogens is 2. The molecule has 1 aromatic carbocycles. The molecular weight excluding hydrogens is 329 g/mol. The molecule has 0 aliphatic rings. The molecule has 2 N–H and O–H groups in total. The van der Waals surface area contributed by atoms with Crippen LogP contribution in [-0.2, 0) is 11.3 Å². The molecule has 0 spiro atoms. The van der Waals surface area contributed by atoms with Gasteiger partial charge in [0.25, 0.3) is 0 Å². The summed E-state index contributed by atoms with van der Waals surface area (Å²) in [5.74, 6) is -1.00. The topological polar surface area (TPSA) is 70.1 Å². The summed E-state index contributed by atoms with van der Waals surface area (Å²) in [4.78, 5) is 12.5. The van der Waals surface area contributed by atoms with Gasteiger partial charge in [0.1, 0.15) is 11.5 Å². The number of ether oxygens (including phenoxy) is 1. The van der Waals surface area contributed by atoms with Gasteiger partial charge in [0.2, 0.25) is 5.78 Å². The number of anilines is 1. The van der Waals surface area contributed by atoms with E-state index in [0.717, 1.165) is 0 Å². The van der Waals surface area contributed by atoms with Crippen molar-refractivity contribution in [1.82, 2.24) is 9.78 Å². The van der Waals surface area contributed by atoms with Crippen LogP contribution in [0.2, 0.25) is 0 Å². The molecule has 0 saturated heterocycles. The molecule has 2 rings (SSSR count). The maximum absolute atomic E-state index is 13.5. The number of hydrogen-bond acceptors (Lipinski definition) is 4. The summed E-state index contributed by atoms with van der Waals surface area (Å²) in [5, 5.41) is 4.09. The van der Waals surface area contributed by atoms with E-state index in [1.54, 1.807) is 7.11 Å². The maximum atomic E-state index is 13.5. The molecule has 0 aliphatic heterocycles. The van der Waals surface area contributed by atoms with Crippen LogP contribution in [-0.4, -0.2) is 29.3 Å². The largest absolute Gasteiger partial charge is 0.396 e. The second-order valence-corrected chi connectivity index (χ2v) is 4.94. The van der Waals surface area contributed by atoms with Crippen LogP contribution in [0.25, 0.3) is 0 Å². The van der Waals surface area contributed by atoms with Crippen LogP contribution in [0.5, 0.6) is 0 Å². The number of nitrogen functional groups attached to an aromatic ring is 1. The number of ketones is 1. The minimum absolute atomic E-state index is 0.116. The van der Waals surface area contributed by atoms with Gasteiger partial charge in [-0.1, -0.05) is 6.07 Å². The van der Waals surface area contributed by atoms with Crippen molar-refractivity contribution in [1.29, 1.82) is 0 Å². The molecule has 0 radical (unpaired) electrons. The van der Waals surface area contributed by atoms with Crippen LogP contribution in [0.1, 0.15) is 16.1 Å². The van der Waals surface area contributed by atoms with Crippen molar-refractivity contribution < 1.29 is 13.9 Å². The summed E-state index contributed by atoms with van der Waals surface area (Å²) < 4.78 is 20.4. The van der Waals surface area contributed by atoms with Gasteiger partial charge in [0, 0.05) is 7.11 Å². The second kappa shape index (κ2) is 6.15. The first-order valence-corrected chi connectivity index (χ1v) is 6.64. The number of halogens is 2. The fraction of sp³-hybridized carbons (Fsp3) is 0.231. The Hall–Kier alpha value is -1.73. The predicted octanol–water partition coefficient (Wildman–Crippen LogP) is 2.24. The highest BCUT2D eigenvalue weighted by Gasteiger charge is 2.21. The number of carbonyl (C=O) groups excluding carboxylic acids is 1. The molecule has 106 valence electrons. The minimum atomic E-state index is -0.616. The molecule has 0 saturated carbocycles. The van der Waals surface area contributed by atoms with Gasteiger partial charge in [-0.25, -0.2) is 4.39 Å². The molecule has 0 amide bonds. The lowest BCUT2D eigenvalue weighted by atomic mass is 10.1. The highest BCUT2D eigenvalue weighted by Crippen LogP contribution is 2.24. The average molecular weight is 342 g/mol. The molecular formula is C13H13BrFN3O2. The molecule has 0 bridgehead atoms. The van der Waals surface area contributed by atoms with Gasteiger partial charge < -0.3 is 10.5 Å². The zero-order valence-corrected chi connectivity index (χ0v) is 12.4. The van der Waals surface area contributed by atoms with Crippen LogP contribution in [0.15, 0.2) is 28.9 Å². The number of methoxy groups -OCH3 is 1. The fourth-order valence-electron chi connectivity index (χ4n) is 1.80. The van der Waals surface area contributed by atoms with E-state index in [0.29, 0.717) is 23.3 Å². The van der Waals surface area contributed by atoms with E-state index in [9.17, 15) is 9.18 Å². The summed E-state index contributed by atoms with van der Waals surface area (Å²) in [6.07, 6.45) is 1.51. The zero-order valence-electron chi connectivity index (χ0n) is 10.8. The molecule has 1 aromatic heterocycles. The van der Waals surface area contributed by atoms with Crippen molar-refractivity contribution in [3.05, 3.63) is 45.9 Å². The van der Waals surface area contributed by atoms with Gasteiger partial charge in [-0.15, -0.1) is 0 Å². The van der Waals surface area contributed by atoms with Gasteiger partial charge in [0.15, 0.2) is 0 Å². The van der Waals surface area contributed by atoms with Crippen LogP contribution in [0.4, 0.5) is 10.1 Å². The fourth-order valence-corrected chi connectivity index (χ4v) is 2.27. The molecule has 20 heavy (non-hydrogen) atoms. The Labute approximate surface area is 123 Å². The number of para-hydroxylation sites is 1. The first-order chi connectivity index (χ1) is 9.56. The summed E-state index contributed by atoms with van der Waals surface area (Å²) in [6, 6.07) is 4.15. The minimum Gasteiger partial charge on any atom is -0.396 e. The molecule has 5 nitrogen and oxygen atoms in total. The Balaban J connectivity index is 2.43.